The number of anilines is 2. The Morgan fingerprint density at radius 3 is 2.30 bits per heavy atom. The molecule has 2 fully saturated rings. The Kier molecular flexibility index (Phi) is 8.90. The van der Waals surface area contributed by atoms with E-state index < -0.39 is 17.1 Å². The van der Waals surface area contributed by atoms with Gasteiger partial charge in [0.05, 0.1) is 44.5 Å². The fourth-order valence-corrected chi connectivity index (χ4v) is 9.51. The molecule has 0 bridgehead atoms. The first-order valence-electron chi connectivity index (χ1n) is 18.7. The molecule has 4 heterocycles. The molecule has 9 heteroatoms. The van der Waals surface area contributed by atoms with Gasteiger partial charge in [-0.3, -0.25) is 14.4 Å². The lowest BCUT2D eigenvalue weighted by atomic mass is 9.63. The van der Waals surface area contributed by atoms with E-state index in [4.69, 9.17) is 9.47 Å². The highest BCUT2D eigenvalue weighted by atomic mass is 16.5. The second-order valence-electron chi connectivity index (χ2n) is 15.6. The van der Waals surface area contributed by atoms with Crippen LogP contribution in [-0.2, 0) is 49.6 Å². The maximum Gasteiger partial charge on any atom is 0.264 e. The summed E-state index contributed by atoms with van der Waals surface area (Å²) in [6.07, 6.45) is 0.622. The van der Waals surface area contributed by atoms with Gasteiger partial charge in [0.25, 0.3) is 5.91 Å². The smallest absolute Gasteiger partial charge is 0.264 e. The Morgan fingerprint density at radius 1 is 0.943 bits per heavy atom. The Morgan fingerprint density at radius 2 is 1.64 bits per heavy atom. The minimum Gasteiger partial charge on any atom is -0.497 e. The fourth-order valence-electron chi connectivity index (χ4n) is 9.51. The molecule has 3 amide bonds. The number of para-hydroxylation sites is 1. The Labute approximate surface area is 311 Å². The first kappa shape index (κ1) is 35.1. The summed E-state index contributed by atoms with van der Waals surface area (Å²) in [7, 11) is 1.65. The van der Waals surface area contributed by atoms with Crippen molar-refractivity contribution in [2.75, 3.05) is 30.1 Å². The molecular weight excluding hydrogens is 666 g/mol. The summed E-state index contributed by atoms with van der Waals surface area (Å²) in [5.74, 6) is 0.0803. The van der Waals surface area contributed by atoms with E-state index in [0.717, 1.165) is 51.5 Å². The summed E-state index contributed by atoms with van der Waals surface area (Å²) in [4.78, 5) is 47.1. The van der Waals surface area contributed by atoms with Crippen LogP contribution in [0.3, 0.4) is 0 Å². The van der Waals surface area contributed by atoms with Crippen LogP contribution in [0.25, 0.3) is 0 Å². The molecule has 4 aromatic carbocycles. The molecule has 2 saturated heterocycles. The van der Waals surface area contributed by atoms with Crippen molar-refractivity contribution in [2.45, 2.75) is 76.3 Å². The Bertz CT molecular complexity index is 2040. The van der Waals surface area contributed by atoms with Crippen molar-refractivity contribution in [3.63, 3.8) is 0 Å². The molecule has 4 aliphatic rings. The maximum atomic E-state index is 15.1. The van der Waals surface area contributed by atoms with Gasteiger partial charge in [0.15, 0.2) is 5.60 Å². The predicted molar refractivity (Wildman–Crippen MR) is 202 cm³/mol. The lowest BCUT2D eigenvalue weighted by molar-refractivity contribution is -0.151. The number of β-lactam (4-membered cyclic amide) rings is 1. The number of nitrogens with zero attached hydrogens (tertiary/aromatic N) is 3. The van der Waals surface area contributed by atoms with Crippen LogP contribution in [0, 0.1) is 11.8 Å². The standard InChI is InChI=1S/C44H47N3O6/c1-28-41(43(2,3)32-15-19-35(52-4)20-16-32)38(24-40(50)46-26-31-10-6-5-9-30(31)23-34(46)27-48)53-44(28)36-11-7-8-12-37(36)47(42(44)51)25-29-13-17-33(18-14-29)45-22-21-39(45)49/h5-20,28,34,38,41,48H,21-27H2,1-4H3/t28-,34-,38+,41-,44+/m0/s1. The third-order valence-electron chi connectivity index (χ3n) is 12.4. The van der Waals surface area contributed by atoms with Crippen molar-refractivity contribution in [1.29, 1.82) is 0 Å². The normalized spacial score (nSPS) is 25.0. The third kappa shape index (κ3) is 5.72. The van der Waals surface area contributed by atoms with Crippen LogP contribution in [-0.4, -0.2) is 60.1 Å². The zero-order valence-corrected chi connectivity index (χ0v) is 30.8. The number of benzene rings is 4. The van der Waals surface area contributed by atoms with Gasteiger partial charge in [0.1, 0.15) is 5.75 Å². The highest BCUT2D eigenvalue weighted by molar-refractivity contribution is 6.07. The molecule has 53 heavy (non-hydrogen) atoms. The van der Waals surface area contributed by atoms with Crippen molar-refractivity contribution in [3.8, 4) is 5.75 Å². The number of ether oxygens (including phenoxy) is 2. The minimum atomic E-state index is -1.31. The second-order valence-corrected chi connectivity index (χ2v) is 15.6. The number of carbonyl (C=O) groups is 3. The number of hydrogen-bond acceptors (Lipinski definition) is 6. The molecule has 8 rings (SSSR count). The highest BCUT2D eigenvalue weighted by Crippen LogP contribution is 2.60. The van der Waals surface area contributed by atoms with Gasteiger partial charge in [0, 0.05) is 42.6 Å². The highest BCUT2D eigenvalue weighted by Gasteiger charge is 2.66. The maximum absolute atomic E-state index is 15.1. The topological polar surface area (TPSA) is 99.6 Å². The number of aliphatic hydroxyl groups excluding tert-OH is 1. The predicted octanol–water partition coefficient (Wildman–Crippen LogP) is 6.14. The minimum absolute atomic E-state index is 0.0706. The van der Waals surface area contributed by atoms with Crippen molar-refractivity contribution in [2.24, 2.45) is 11.8 Å². The van der Waals surface area contributed by atoms with Crippen LogP contribution in [0.4, 0.5) is 11.4 Å². The zero-order chi connectivity index (χ0) is 37.1. The SMILES string of the molecule is COc1ccc(C(C)(C)[C@@H]2[C@@H](CC(=O)N3Cc4ccccc4C[C@H]3CO)O[C@]3(C(=O)N(Cc4ccc(N5CCC5=O)cc4)c4ccccc43)[C@H]2C)cc1. The van der Waals surface area contributed by atoms with E-state index in [0.29, 0.717) is 25.9 Å². The van der Waals surface area contributed by atoms with E-state index in [2.05, 4.69) is 39.0 Å². The molecule has 1 spiro atoms. The average Bonchev–Trinajstić information content (AvgIpc) is 3.60. The quantitative estimate of drug-likeness (QED) is 0.210. The Balaban J connectivity index is 1.15. The molecule has 274 valence electrons. The summed E-state index contributed by atoms with van der Waals surface area (Å²) >= 11 is 0. The molecule has 9 nitrogen and oxygen atoms in total. The van der Waals surface area contributed by atoms with Gasteiger partial charge in [-0.1, -0.05) is 87.5 Å². The molecule has 0 aromatic heterocycles. The van der Waals surface area contributed by atoms with Gasteiger partial charge in [-0.25, -0.2) is 0 Å². The number of amides is 3. The number of hydrogen-bond donors (Lipinski definition) is 1. The molecule has 4 aliphatic heterocycles. The molecular formula is C44H47N3O6. The summed E-state index contributed by atoms with van der Waals surface area (Å²) in [6.45, 7) is 7.79. The molecule has 1 N–H and O–H groups in total. The molecule has 5 atom stereocenters. The number of methoxy groups -OCH3 is 1. The van der Waals surface area contributed by atoms with Gasteiger partial charge < -0.3 is 29.3 Å². The zero-order valence-electron chi connectivity index (χ0n) is 30.8. The number of aliphatic hydroxyl groups is 1. The van der Waals surface area contributed by atoms with Gasteiger partial charge >= 0.3 is 0 Å². The van der Waals surface area contributed by atoms with Gasteiger partial charge in [0.2, 0.25) is 11.8 Å². The van der Waals surface area contributed by atoms with Crippen LogP contribution in [0.15, 0.2) is 97.1 Å². The van der Waals surface area contributed by atoms with Crippen LogP contribution in [0.1, 0.15) is 61.4 Å². The van der Waals surface area contributed by atoms with Crippen LogP contribution in [0.5, 0.6) is 5.75 Å². The number of rotatable bonds is 9. The summed E-state index contributed by atoms with van der Waals surface area (Å²) in [6, 6.07) is 31.5. The van der Waals surface area contributed by atoms with E-state index in [1.807, 2.05) is 83.8 Å². The summed E-state index contributed by atoms with van der Waals surface area (Å²) < 4.78 is 12.7. The number of fused-ring (bicyclic) bond motifs is 3. The lowest BCUT2D eigenvalue weighted by Crippen LogP contribution is -2.48. The van der Waals surface area contributed by atoms with E-state index in [-0.39, 0.29) is 48.6 Å². The number of carbonyl (C=O) groups excluding carboxylic acids is 3. The van der Waals surface area contributed by atoms with E-state index in [9.17, 15) is 14.7 Å². The van der Waals surface area contributed by atoms with E-state index in [1.165, 1.54) is 0 Å². The second kappa shape index (κ2) is 13.5. The van der Waals surface area contributed by atoms with E-state index >= 15 is 4.79 Å². The molecule has 0 unspecified atom stereocenters. The van der Waals surface area contributed by atoms with Crippen molar-refractivity contribution in [1.82, 2.24) is 4.90 Å². The van der Waals surface area contributed by atoms with Crippen LogP contribution >= 0.6 is 0 Å². The van der Waals surface area contributed by atoms with E-state index in [1.54, 1.807) is 16.9 Å². The molecule has 4 aromatic rings. The lowest BCUT2D eigenvalue weighted by Gasteiger charge is -2.40. The van der Waals surface area contributed by atoms with Crippen molar-refractivity contribution >= 4 is 29.1 Å². The van der Waals surface area contributed by atoms with Gasteiger partial charge in [-0.05, 0) is 64.4 Å². The third-order valence-corrected chi connectivity index (χ3v) is 12.4. The molecule has 0 radical (unpaired) electrons. The average molecular weight is 714 g/mol. The Hall–Kier alpha value is -4.99. The van der Waals surface area contributed by atoms with Crippen molar-refractivity contribution in [3.05, 3.63) is 125 Å². The van der Waals surface area contributed by atoms with Gasteiger partial charge in [-0.15, -0.1) is 0 Å². The van der Waals surface area contributed by atoms with Crippen LogP contribution in [0.2, 0.25) is 0 Å². The molecule has 0 aliphatic carbocycles. The summed E-state index contributed by atoms with van der Waals surface area (Å²) in [5, 5.41) is 10.4. The molecule has 0 saturated carbocycles. The first-order valence-corrected chi connectivity index (χ1v) is 18.7. The first-order chi connectivity index (χ1) is 25.6. The van der Waals surface area contributed by atoms with Crippen LogP contribution < -0.4 is 14.5 Å². The monoisotopic (exact) mass is 713 g/mol. The largest absolute Gasteiger partial charge is 0.497 e. The van der Waals surface area contributed by atoms with Crippen molar-refractivity contribution < 1.29 is 29.0 Å². The van der Waals surface area contributed by atoms with Gasteiger partial charge in [-0.2, -0.15) is 0 Å². The summed E-state index contributed by atoms with van der Waals surface area (Å²) in [5.41, 5.74) is 4.87. The fraction of sp³-hybridized carbons (Fsp3) is 0.386.